The summed E-state index contributed by atoms with van der Waals surface area (Å²) in [6, 6.07) is 17.1. The van der Waals surface area contributed by atoms with Gasteiger partial charge in [0.15, 0.2) is 0 Å². The third kappa shape index (κ3) is 4.50. The first kappa shape index (κ1) is 19.7. The summed E-state index contributed by atoms with van der Waals surface area (Å²) >= 11 is 1.84. The Morgan fingerprint density at radius 2 is 1.72 bits per heavy atom. The molecule has 0 saturated carbocycles. The lowest BCUT2D eigenvalue weighted by molar-refractivity contribution is -0.642. The number of rotatable bonds is 4. The van der Waals surface area contributed by atoms with E-state index in [1.165, 1.54) is 32.0 Å². The summed E-state index contributed by atoms with van der Waals surface area (Å²) in [6.07, 6.45) is 6.46. The molecule has 0 radical (unpaired) electrons. The molecule has 0 aliphatic carbocycles. The van der Waals surface area contributed by atoms with Gasteiger partial charge < -0.3 is 28.9 Å². The normalized spacial score (nSPS) is 11.8. The molecule has 0 aliphatic heterocycles. The van der Waals surface area contributed by atoms with Crippen molar-refractivity contribution in [2.24, 2.45) is 7.05 Å². The average Bonchev–Trinajstić information content (AvgIpc) is 2.93. The largest absolute Gasteiger partial charge is 1.00 e. The summed E-state index contributed by atoms with van der Waals surface area (Å²) in [7, 11) is 6.25. The number of nitrogens with zero attached hydrogens (tertiary/aromatic N) is 2. The molecule has 1 heterocycles. The van der Waals surface area contributed by atoms with Crippen LogP contribution in [-0.2, 0) is 7.05 Å². The molecule has 0 N–H and O–H groups in total. The lowest BCUT2D eigenvalue weighted by Crippen LogP contribution is -3.00. The molecule has 0 saturated heterocycles. The second-order valence-electron chi connectivity index (χ2n) is 6.13. The van der Waals surface area contributed by atoms with Crippen molar-refractivity contribution >= 4 is 38.9 Å². The minimum Gasteiger partial charge on any atom is -1.00 e. The zero-order valence-corrected chi connectivity index (χ0v) is 18.0. The van der Waals surface area contributed by atoms with Crippen molar-refractivity contribution in [3.05, 3.63) is 71.3 Å². The van der Waals surface area contributed by atoms with Gasteiger partial charge in [-0.05, 0) is 30.7 Å². The molecule has 130 valence electrons. The Hall–Kier alpha value is -1.66. The number of halogens is 1. The van der Waals surface area contributed by atoms with Crippen LogP contribution in [0.1, 0.15) is 17.5 Å². The minimum atomic E-state index is 0. The topological polar surface area (TPSA) is 7.12 Å². The van der Waals surface area contributed by atoms with E-state index in [1.54, 1.807) is 0 Å². The Balaban J connectivity index is 0.00000225. The van der Waals surface area contributed by atoms with Crippen LogP contribution in [0.2, 0.25) is 0 Å². The van der Waals surface area contributed by atoms with Gasteiger partial charge in [0.25, 0.3) is 5.01 Å². The van der Waals surface area contributed by atoms with Gasteiger partial charge in [-0.1, -0.05) is 53.8 Å². The number of hydrogen-bond acceptors (Lipinski definition) is 2. The van der Waals surface area contributed by atoms with Gasteiger partial charge in [0.05, 0.1) is 0 Å². The highest BCUT2D eigenvalue weighted by Gasteiger charge is 2.16. The fourth-order valence-electron chi connectivity index (χ4n) is 2.71. The molecule has 3 rings (SSSR count). The summed E-state index contributed by atoms with van der Waals surface area (Å²) < 4.78 is 3.59. The Kier molecular flexibility index (Phi) is 6.79. The van der Waals surface area contributed by atoms with Crippen molar-refractivity contribution in [3.63, 3.8) is 0 Å². The molecule has 25 heavy (non-hydrogen) atoms. The second kappa shape index (κ2) is 8.63. The van der Waals surface area contributed by atoms with Gasteiger partial charge in [0.2, 0.25) is 5.52 Å². The van der Waals surface area contributed by atoms with Gasteiger partial charge in [0, 0.05) is 31.4 Å². The van der Waals surface area contributed by atoms with Gasteiger partial charge in [-0.3, -0.25) is 0 Å². The molecule has 4 heteroatoms. The van der Waals surface area contributed by atoms with E-state index in [2.05, 4.69) is 104 Å². The number of hydrogen-bond donors (Lipinski definition) is 0. The van der Waals surface area contributed by atoms with Crippen molar-refractivity contribution < 1.29 is 28.5 Å². The third-order valence-electron chi connectivity index (χ3n) is 4.12. The van der Waals surface area contributed by atoms with E-state index in [1.807, 2.05) is 11.3 Å². The number of para-hydroxylation sites is 1. The Labute approximate surface area is 171 Å². The first-order valence-corrected chi connectivity index (χ1v) is 8.88. The molecule has 3 aromatic rings. The minimum absolute atomic E-state index is 0. The molecule has 1 aromatic heterocycles. The van der Waals surface area contributed by atoms with Crippen LogP contribution >= 0.6 is 11.3 Å². The maximum atomic E-state index is 2.27. The van der Waals surface area contributed by atoms with Crippen LogP contribution in [0.4, 0.5) is 5.69 Å². The van der Waals surface area contributed by atoms with E-state index >= 15 is 0 Å². The highest BCUT2D eigenvalue weighted by atomic mass is 127. The lowest BCUT2D eigenvalue weighted by atomic mass is 10.1. The number of benzene rings is 2. The van der Waals surface area contributed by atoms with Gasteiger partial charge in [0.1, 0.15) is 11.7 Å². The lowest BCUT2D eigenvalue weighted by Gasteiger charge is -2.11. The van der Waals surface area contributed by atoms with Crippen LogP contribution in [0.5, 0.6) is 0 Å². The molecule has 0 aliphatic rings. The SMILES string of the molecule is C/C(=C\C=C\c1ccc(N(C)C)cc1)c1sc2ccccc2[n+]1C.[I-]. The van der Waals surface area contributed by atoms with Crippen LogP contribution in [-0.4, -0.2) is 14.1 Å². The van der Waals surface area contributed by atoms with E-state index in [0.29, 0.717) is 0 Å². The summed E-state index contributed by atoms with van der Waals surface area (Å²) in [5.41, 5.74) is 5.00. The van der Waals surface area contributed by atoms with Gasteiger partial charge in [-0.15, -0.1) is 0 Å². The summed E-state index contributed by atoms with van der Waals surface area (Å²) in [6.45, 7) is 2.17. The Morgan fingerprint density at radius 3 is 2.36 bits per heavy atom. The number of thiazole rings is 1. The molecule has 0 atom stereocenters. The first-order chi connectivity index (χ1) is 11.6. The number of fused-ring (bicyclic) bond motifs is 1. The zero-order chi connectivity index (χ0) is 17.1. The maximum absolute atomic E-state index is 2.27. The summed E-state index contributed by atoms with van der Waals surface area (Å²) in [5.74, 6) is 0. The second-order valence-corrected chi connectivity index (χ2v) is 7.16. The summed E-state index contributed by atoms with van der Waals surface area (Å²) in [4.78, 5) is 2.11. The quantitative estimate of drug-likeness (QED) is 0.327. The van der Waals surface area contributed by atoms with Crippen molar-refractivity contribution in [1.29, 1.82) is 0 Å². The highest BCUT2D eigenvalue weighted by Crippen LogP contribution is 2.24. The molecular formula is C21H23IN2S. The number of aryl methyl sites for hydroxylation is 1. The van der Waals surface area contributed by atoms with Crippen LogP contribution in [0.3, 0.4) is 0 Å². The van der Waals surface area contributed by atoms with E-state index in [9.17, 15) is 0 Å². The van der Waals surface area contributed by atoms with Gasteiger partial charge >= 0.3 is 0 Å². The molecule has 2 nitrogen and oxygen atoms in total. The molecule has 0 spiro atoms. The standard InChI is InChI=1S/C21H23N2S.HI/c1-16(21-23(4)19-10-5-6-11-20(19)24-21)8-7-9-17-12-14-18(15-13-17)22(2)3;/h5-15H,1-4H3;1H/q+1;/p-1. The van der Waals surface area contributed by atoms with Gasteiger partial charge in [-0.25, -0.2) is 0 Å². The van der Waals surface area contributed by atoms with Gasteiger partial charge in [-0.2, -0.15) is 4.57 Å². The Morgan fingerprint density at radius 1 is 1.04 bits per heavy atom. The van der Waals surface area contributed by atoms with E-state index < -0.39 is 0 Å². The first-order valence-electron chi connectivity index (χ1n) is 8.06. The molecule has 2 aromatic carbocycles. The van der Waals surface area contributed by atoms with Crippen LogP contribution in [0.15, 0.2) is 60.7 Å². The molecule has 0 unspecified atom stereocenters. The van der Waals surface area contributed by atoms with Crippen LogP contribution in [0, 0.1) is 0 Å². The fraction of sp³-hybridized carbons (Fsp3) is 0.190. The van der Waals surface area contributed by atoms with Crippen molar-refractivity contribution in [1.82, 2.24) is 0 Å². The van der Waals surface area contributed by atoms with E-state index in [4.69, 9.17) is 0 Å². The number of anilines is 1. The van der Waals surface area contributed by atoms with E-state index in [-0.39, 0.29) is 24.0 Å². The van der Waals surface area contributed by atoms with Crippen molar-refractivity contribution in [2.75, 3.05) is 19.0 Å². The predicted octanol–water partition coefficient (Wildman–Crippen LogP) is 1.91. The highest BCUT2D eigenvalue weighted by molar-refractivity contribution is 7.19. The average molecular weight is 462 g/mol. The number of aromatic nitrogens is 1. The molecular weight excluding hydrogens is 439 g/mol. The smallest absolute Gasteiger partial charge is 0.265 e. The third-order valence-corrected chi connectivity index (χ3v) is 5.47. The van der Waals surface area contributed by atoms with Crippen molar-refractivity contribution in [2.45, 2.75) is 6.92 Å². The van der Waals surface area contributed by atoms with Crippen LogP contribution in [0.25, 0.3) is 21.9 Å². The van der Waals surface area contributed by atoms with Crippen LogP contribution < -0.4 is 33.4 Å². The molecule has 0 bridgehead atoms. The number of allylic oxidation sites excluding steroid dienone is 3. The fourth-order valence-corrected chi connectivity index (χ4v) is 3.83. The Bertz CT molecular complexity index is 905. The zero-order valence-electron chi connectivity index (χ0n) is 15.0. The maximum Gasteiger partial charge on any atom is 0.265 e. The monoisotopic (exact) mass is 462 g/mol. The summed E-state index contributed by atoms with van der Waals surface area (Å²) in [5, 5.41) is 1.30. The molecule has 0 fully saturated rings. The van der Waals surface area contributed by atoms with E-state index in [0.717, 1.165) is 0 Å². The molecule has 0 amide bonds. The van der Waals surface area contributed by atoms with Crippen molar-refractivity contribution in [3.8, 4) is 0 Å². The predicted molar refractivity (Wildman–Crippen MR) is 106 cm³/mol.